The lowest BCUT2D eigenvalue weighted by Crippen LogP contribution is -2.35. The molecule has 7 nitrogen and oxygen atoms in total. The maximum absolute atomic E-state index is 12.0. The highest BCUT2D eigenvalue weighted by molar-refractivity contribution is 5.81. The minimum atomic E-state index is -1.03. The van der Waals surface area contributed by atoms with Crippen LogP contribution < -0.4 is 0 Å². The fraction of sp³-hybridized carbons (Fsp3) is 0.444. The number of carbonyl (C=O) groups excluding carboxylic acids is 1. The number of hydrogen-bond donors (Lipinski definition) is 1. The van der Waals surface area contributed by atoms with Crippen molar-refractivity contribution in [3.8, 4) is 11.4 Å². The number of aryl methyl sites for hydroxylation is 1. The molecule has 1 amide bonds. The van der Waals surface area contributed by atoms with Gasteiger partial charge in [-0.3, -0.25) is 9.59 Å². The monoisotopic (exact) mass is 345 g/mol. The Morgan fingerprint density at radius 2 is 1.92 bits per heavy atom. The zero-order valence-corrected chi connectivity index (χ0v) is 14.7. The van der Waals surface area contributed by atoms with E-state index >= 15 is 0 Å². The number of carboxylic acid groups (broad SMARTS) is 1. The van der Waals surface area contributed by atoms with Crippen molar-refractivity contribution in [3.05, 3.63) is 35.7 Å². The van der Waals surface area contributed by atoms with Crippen LogP contribution in [-0.4, -0.2) is 45.1 Å². The fourth-order valence-electron chi connectivity index (χ4n) is 2.40. The van der Waals surface area contributed by atoms with Gasteiger partial charge in [0, 0.05) is 24.9 Å². The molecule has 0 radical (unpaired) electrons. The summed E-state index contributed by atoms with van der Waals surface area (Å²) in [6.07, 6.45) is 0.418. The highest BCUT2D eigenvalue weighted by Crippen LogP contribution is 2.20. The summed E-state index contributed by atoms with van der Waals surface area (Å²) in [5, 5.41) is 12.7. The van der Waals surface area contributed by atoms with Gasteiger partial charge < -0.3 is 14.5 Å². The summed E-state index contributed by atoms with van der Waals surface area (Å²) in [7, 11) is 0. The highest BCUT2D eigenvalue weighted by Gasteiger charge is 2.17. The Morgan fingerprint density at radius 1 is 1.24 bits per heavy atom. The zero-order valence-electron chi connectivity index (χ0n) is 14.7. The van der Waals surface area contributed by atoms with Gasteiger partial charge in [-0.15, -0.1) is 0 Å². The summed E-state index contributed by atoms with van der Waals surface area (Å²) in [6.45, 7) is 6.05. The summed E-state index contributed by atoms with van der Waals surface area (Å²) < 4.78 is 5.19. The molecule has 1 N–H and O–H groups in total. The van der Waals surface area contributed by atoms with E-state index in [-0.39, 0.29) is 25.3 Å². The Kier molecular flexibility index (Phi) is 6.27. The molecule has 2 rings (SSSR count). The van der Waals surface area contributed by atoms with Crippen LogP contribution in [0.1, 0.15) is 44.6 Å². The second-order valence-corrected chi connectivity index (χ2v) is 6.09. The first-order chi connectivity index (χ1) is 11.9. The van der Waals surface area contributed by atoms with Gasteiger partial charge in [-0.05, 0) is 18.4 Å². The van der Waals surface area contributed by atoms with Crippen molar-refractivity contribution in [3.63, 3.8) is 0 Å². The first-order valence-corrected chi connectivity index (χ1v) is 8.33. The van der Waals surface area contributed by atoms with Crippen LogP contribution in [-0.2, 0) is 16.0 Å². The molecule has 0 aliphatic heterocycles. The lowest BCUT2D eigenvalue weighted by Gasteiger charge is -2.17. The van der Waals surface area contributed by atoms with Gasteiger partial charge >= 0.3 is 5.97 Å². The standard InChI is InChI=1S/C18H23N3O4/c1-4-21(11-17(23)24)16(22)10-9-15-19-18(20-25-15)14-7-5-13(6-8-14)12(2)3/h5-8,12H,4,9-11H2,1-3H3,(H,23,24). The van der Waals surface area contributed by atoms with E-state index in [9.17, 15) is 9.59 Å². The van der Waals surface area contributed by atoms with Crippen molar-refractivity contribution in [2.24, 2.45) is 0 Å². The fourth-order valence-corrected chi connectivity index (χ4v) is 2.40. The molecule has 2 aromatic rings. The molecule has 0 unspecified atom stereocenters. The maximum atomic E-state index is 12.0. The summed E-state index contributed by atoms with van der Waals surface area (Å²) in [6, 6.07) is 7.96. The molecule has 0 aliphatic rings. The van der Waals surface area contributed by atoms with E-state index in [4.69, 9.17) is 9.63 Å². The minimum absolute atomic E-state index is 0.134. The number of rotatable bonds is 8. The third-order valence-electron chi connectivity index (χ3n) is 3.92. The van der Waals surface area contributed by atoms with Crippen LogP contribution in [0.3, 0.4) is 0 Å². The molecular formula is C18H23N3O4. The molecule has 0 saturated heterocycles. The number of hydrogen-bond acceptors (Lipinski definition) is 5. The van der Waals surface area contributed by atoms with Crippen LogP contribution in [0.15, 0.2) is 28.8 Å². The van der Waals surface area contributed by atoms with Crippen molar-refractivity contribution in [1.82, 2.24) is 15.0 Å². The van der Waals surface area contributed by atoms with Gasteiger partial charge in [0.15, 0.2) is 0 Å². The van der Waals surface area contributed by atoms with E-state index in [1.54, 1.807) is 6.92 Å². The first-order valence-electron chi connectivity index (χ1n) is 8.33. The molecule has 0 saturated carbocycles. The zero-order chi connectivity index (χ0) is 18.4. The van der Waals surface area contributed by atoms with E-state index in [1.807, 2.05) is 24.3 Å². The molecule has 134 valence electrons. The van der Waals surface area contributed by atoms with Crippen LogP contribution in [0.2, 0.25) is 0 Å². The molecule has 0 atom stereocenters. The van der Waals surface area contributed by atoms with Gasteiger partial charge in [0.25, 0.3) is 0 Å². The van der Waals surface area contributed by atoms with Gasteiger partial charge in [-0.1, -0.05) is 43.3 Å². The number of carbonyl (C=O) groups is 2. The molecular weight excluding hydrogens is 322 g/mol. The Balaban J connectivity index is 1.97. The Morgan fingerprint density at radius 3 is 2.48 bits per heavy atom. The maximum Gasteiger partial charge on any atom is 0.323 e. The summed E-state index contributed by atoms with van der Waals surface area (Å²) in [5.41, 5.74) is 2.09. The van der Waals surface area contributed by atoms with Gasteiger partial charge in [0.05, 0.1) is 0 Å². The van der Waals surface area contributed by atoms with Crippen LogP contribution in [0.5, 0.6) is 0 Å². The van der Waals surface area contributed by atoms with E-state index < -0.39 is 5.97 Å². The quantitative estimate of drug-likeness (QED) is 0.790. The molecule has 0 bridgehead atoms. The topological polar surface area (TPSA) is 96.5 Å². The average molecular weight is 345 g/mol. The van der Waals surface area contributed by atoms with E-state index in [0.717, 1.165) is 5.56 Å². The average Bonchev–Trinajstić information content (AvgIpc) is 3.06. The van der Waals surface area contributed by atoms with Crippen LogP contribution >= 0.6 is 0 Å². The Bertz CT molecular complexity index is 722. The Labute approximate surface area is 146 Å². The lowest BCUT2D eigenvalue weighted by molar-refractivity contribution is -0.144. The van der Waals surface area contributed by atoms with Gasteiger partial charge in [-0.2, -0.15) is 4.98 Å². The van der Waals surface area contributed by atoms with Crippen LogP contribution in [0.4, 0.5) is 0 Å². The molecule has 1 aromatic carbocycles. The van der Waals surface area contributed by atoms with E-state index in [2.05, 4.69) is 24.0 Å². The lowest BCUT2D eigenvalue weighted by atomic mass is 10.0. The second-order valence-electron chi connectivity index (χ2n) is 6.09. The molecule has 0 spiro atoms. The number of likely N-dealkylation sites (N-methyl/N-ethyl adjacent to an activating group) is 1. The molecule has 1 heterocycles. The van der Waals surface area contributed by atoms with Crippen molar-refractivity contribution in [1.29, 1.82) is 0 Å². The van der Waals surface area contributed by atoms with Crippen molar-refractivity contribution in [2.45, 2.75) is 39.5 Å². The molecule has 1 aromatic heterocycles. The highest BCUT2D eigenvalue weighted by atomic mass is 16.5. The SMILES string of the molecule is CCN(CC(=O)O)C(=O)CCc1nc(-c2ccc(C(C)C)cc2)no1. The minimum Gasteiger partial charge on any atom is -0.480 e. The number of nitrogens with zero attached hydrogens (tertiary/aromatic N) is 3. The van der Waals surface area contributed by atoms with Crippen molar-refractivity contribution >= 4 is 11.9 Å². The second kappa shape index (κ2) is 8.41. The number of amides is 1. The number of carboxylic acids is 1. The molecule has 7 heteroatoms. The molecule has 25 heavy (non-hydrogen) atoms. The summed E-state index contributed by atoms with van der Waals surface area (Å²) >= 11 is 0. The van der Waals surface area contributed by atoms with Gasteiger partial charge in [0.1, 0.15) is 6.54 Å². The predicted molar refractivity (Wildman–Crippen MR) is 92.0 cm³/mol. The molecule has 0 fully saturated rings. The summed E-state index contributed by atoms with van der Waals surface area (Å²) in [4.78, 5) is 28.4. The summed E-state index contributed by atoms with van der Waals surface area (Å²) in [5.74, 6) is 0.0255. The first kappa shape index (κ1) is 18.6. The van der Waals surface area contributed by atoms with Gasteiger partial charge in [0.2, 0.25) is 17.6 Å². The predicted octanol–water partition coefficient (Wildman–Crippen LogP) is 2.73. The Hall–Kier alpha value is -2.70. The molecule has 0 aliphatic carbocycles. The normalized spacial score (nSPS) is 10.9. The number of benzene rings is 1. The van der Waals surface area contributed by atoms with E-state index in [1.165, 1.54) is 10.5 Å². The van der Waals surface area contributed by atoms with Crippen LogP contribution in [0.25, 0.3) is 11.4 Å². The third-order valence-corrected chi connectivity index (χ3v) is 3.92. The van der Waals surface area contributed by atoms with Crippen LogP contribution in [0, 0.1) is 0 Å². The van der Waals surface area contributed by atoms with Crippen molar-refractivity contribution in [2.75, 3.05) is 13.1 Å². The smallest absolute Gasteiger partial charge is 0.323 e. The number of aromatic nitrogens is 2. The van der Waals surface area contributed by atoms with Gasteiger partial charge in [-0.25, -0.2) is 0 Å². The van der Waals surface area contributed by atoms with E-state index in [0.29, 0.717) is 24.2 Å². The third kappa shape index (κ3) is 5.14. The number of aliphatic carboxylic acids is 1. The largest absolute Gasteiger partial charge is 0.480 e. The van der Waals surface area contributed by atoms with Crippen molar-refractivity contribution < 1.29 is 19.2 Å².